The van der Waals surface area contributed by atoms with E-state index >= 15 is 0 Å². The van der Waals surface area contributed by atoms with Crippen molar-refractivity contribution in [3.8, 4) is 0 Å². The smallest absolute Gasteiger partial charge is 0.239 e. The Morgan fingerprint density at radius 2 is 1.79 bits per heavy atom. The zero-order chi connectivity index (χ0) is 10.9. The van der Waals surface area contributed by atoms with Gasteiger partial charge in [-0.15, -0.1) is 11.8 Å². The second-order valence-electron chi connectivity index (χ2n) is 3.95. The molecule has 1 saturated heterocycles. The Bertz CT molecular complexity index is 247. The van der Waals surface area contributed by atoms with Crippen LogP contribution in [0.4, 0.5) is 0 Å². The van der Waals surface area contributed by atoms with Crippen molar-refractivity contribution in [2.75, 3.05) is 11.5 Å². The largest absolute Gasteiger partial charge is 0.391 e. The Morgan fingerprint density at radius 1 is 1.36 bits per heavy atom. The van der Waals surface area contributed by atoms with Crippen LogP contribution >= 0.6 is 11.8 Å². The van der Waals surface area contributed by atoms with Crippen molar-refractivity contribution in [2.45, 2.75) is 32.4 Å². The number of aliphatic hydroxyl groups is 1. The van der Waals surface area contributed by atoms with Gasteiger partial charge in [-0.25, -0.2) is 0 Å². The average molecular weight is 217 g/mol. The minimum absolute atomic E-state index is 0.211. The number of imide groups is 1. The van der Waals surface area contributed by atoms with Gasteiger partial charge in [-0.05, 0) is 20.8 Å². The van der Waals surface area contributed by atoms with Crippen LogP contribution in [0.3, 0.4) is 0 Å². The summed E-state index contributed by atoms with van der Waals surface area (Å²) in [6.45, 7) is 4.98. The molecule has 1 fully saturated rings. The number of thioether (sulfide) groups is 1. The number of rotatable bonds is 2. The summed E-state index contributed by atoms with van der Waals surface area (Å²) in [6, 6.07) is 0. The van der Waals surface area contributed by atoms with Crippen LogP contribution in [-0.4, -0.2) is 45.0 Å². The number of carbonyl (C=O) groups is 2. The molecule has 1 unspecified atom stereocenters. The standard InChI is InChI=1S/C9H15NO3S/c1-6(11)9(2,3)10-7(12)4-14-5-8(10)13/h6,11H,4-5H2,1-3H3. The molecule has 0 spiro atoms. The summed E-state index contributed by atoms with van der Waals surface area (Å²) in [5.41, 5.74) is -0.810. The van der Waals surface area contributed by atoms with E-state index in [1.807, 2.05) is 0 Å². The zero-order valence-corrected chi connectivity index (χ0v) is 9.43. The lowest BCUT2D eigenvalue weighted by Crippen LogP contribution is -2.59. The lowest BCUT2D eigenvalue weighted by Gasteiger charge is -2.40. The summed E-state index contributed by atoms with van der Waals surface area (Å²) in [5, 5.41) is 9.52. The fourth-order valence-electron chi connectivity index (χ4n) is 1.32. The second-order valence-corrected chi connectivity index (χ2v) is 4.93. The van der Waals surface area contributed by atoms with Crippen LogP contribution in [0.15, 0.2) is 0 Å². The van der Waals surface area contributed by atoms with E-state index in [1.54, 1.807) is 20.8 Å². The van der Waals surface area contributed by atoms with Crippen molar-refractivity contribution < 1.29 is 14.7 Å². The molecule has 0 aromatic heterocycles. The molecule has 1 heterocycles. The van der Waals surface area contributed by atoms with E-state index < -0.39 is 11.6 Å². The molecule has 0 aromatic rings. The first-order valence-electron chi connectivity index (χ1n) is 4.49. The van der Waals surface area contributed by atoms with Gasteiger partial charge in [0.15, 0.2) is 0 Å². The highest BCUT2D eigenvalue weighted by atomic mass is 32.2. The highest BCUT2D eigenvalue weighted by Crippen LogP contribution is 2.24. The quantitative estimate of drug-likeness (QED) is 0.674. The van der Waals surface area contributed by atoms with Gasteiger partial charge in [0.2, 0.25) is 11.8 Å². The molecule has 0 radical (unpaired) electrons. The van der Waals surface area contributed by atoms with Gasteiger partial charge in [0, 0.05) is 0 Å². The molecule has 4 nitrogen and oxygen atoms in total. The predicted octanol–water partition coefficient (Wildman–Crippen LogP) is 0.248. The Kier molecular flexibility index (Phi) is 3.21. The number of hydrogen-bond acceptors (Lipinski definition) is 4. The van der Waals surface area contributed by atoms with Crippen molar-refractivity contribution in [3.05, 3.63) is 0 Å². The topological polar surface area (TPSA) is 57.6 Å². The highest BCUT2D eigenvalue weighted by molar-refractivity contribution is 8.00. The second kappa shape index (κ2) is 3.90. The maximum Gasteiger partial charge on any atom is 0.239 e. The van der Waals surface area contributed by atoms with Gasteiger partial charge in [-0.3, -0.25) is 14.5 Å². The molecule has 1 aliphatic rings. The van der Waals surface area contributed by atoms with Crippen LogP contribution in [0, 0.1) is 0 Å². The van der Waals surface area contributed by atoms with E-state index in [0.29, 0.717) is 11.5 Å². The third-order valence-electron chi connectivity index (χ3n) is 2.55. The fraction of sp³-hybridized carbons (Fsp3) is 0.778. The number of hydrogen-bond donors (Lipinski definition) is 1. The Hall–Kier alpha value is -0.550. The first kappa shape index (κ1) is 11.5. The summed E-state index contributed by atoms with van der Waals surface area (Å²) in [4.78, 5) is 24.2. The molecular weight excluding hydrogens is 202 g/mol. The van der Waals surface area contributed by atoms with Crippen molar-refractivity contribution in [1.29, 1.82) is 0 Å². The third kappa shape index (κ3) is 1.93. The predicted molar refractivity (Wildman–Crippen MR) is 54.9 cm³/mol. The zero-order valence-electron chi connectivity index (χ0n) is 8.61. The first-order chi connectivity index (χ1) is 6.37. The van der Waals surface area contributed by atoms with E-state index in [9.17, 15) is 14.7 Å². The van der Waals surface area contributed by atoms with Crippen LogP contribution < -0.4 is 0 Å². The van der Waals surface area contributed by atoms with Crippen LogP contribution in [-0.2, 0) is 9.59 Å². The molecule has 14 heavy (non-hydrogen) atoms. The lowest BCUT2D eigenvalue weighted by molar-refractivity contribution is -0.152. The number of amides is 2. The Morgan fingerprint density at radius 3 is 2.14 bits per heavy atom. The van der Waals surface area contributed by atoms with Gasteiger partial charge >= 0.3 is 0 Å². The molecule has 1 aliphatic heterocycles. The molecule has 5 heteroatoms. The van der Waals surface area contributed by atoms with Crippen molar-refractivity contribution in [2.24, 2.45) is 0 Å². The summed E-state index contributed by atoms with van der Waals surface area (Å²) >= 11 is 1.32. The molecule has 80 valence electrons. The van der Waals surface area contributed by atoms with E-state index in [1.165, 1.54) is 16.7 Å². The Balaban J connectivity index is 2.93. The van der Waals surface area contributed by atoms with Gasteiger partial charge in [0.05, 0.1) is 23.1 Å². The number of aliphatic hydroxyl groups excluding tert-OH is 1. The minimum Gasteiger partial charge on any atom is -0.391 e. The average Bonchev–Trinajstić information content (AvgIpc) is 2.02. The van der Waals surface area contributed by atoms with Gasteiger partial charge in [0.1, 0.15) is 0 Å². The van der Waals surface area contributed by atoms with Crippen molar-refractivity contribution >= 4 is 23.6 Å². The summed E-state index contributed by atoms with van der Waals surface area (Å²) < 4.78 is 0. The van der Waals surface area contributed by atoms with Gasteiger partial charge in [-0.2, -0.15) is 0 Å². The van der Waals surface area contributed by atoms with Crippen LogP contribution in [0.25, 0.3) is 0 Å². The number of nitrogens with zero attached hydrogens (tertiary/aromatic N) is 1. The molecule has 0 aromatic carbocycles. The van der Waals surface area contributed by atoms with Crippen LogP contribution in [0.5, 0.6) is 0 Å². The first-order valence-corrected chi connectivity index (χ1v) is 5.64. The Labute approximate surface area is 87.7 Å². The highest BCUT2D eigenvalue weighted by Gasteiger charge is 2.41. The van der Waals surface area contributed by atoms with E-state index in [4.69, 9.17) is 0 Å². The lowest BCUT2D eigenvalue weighted by atomic mass is 9.96. The normalized spacial score (nSPS) is 21.3. The van der Waals surface area contributed by atoms with Crippen LogP contribution in [0.1, 0.15) is 20.8 Å². The maximum atomic E-state index is 11.5. The molecule has 0 saturated carbocycles. The van der Waals surface area contributed by atoms with Gasteiger partial charge in [-0.1, -0.05) is 0 Å². The van der Waals surface area contributed by atoms with Gasteiger partial charge < -0.3 is 5.11 Å². The summed E-state index contributed by atoms with van der Waals surface area (Å²) in [6.07, 6.45) is -0.724. The summed E-state index contributed by atoms with van der Waals surface area (Å²) in [5.74, 6) is 0.221. The molecule has 0 aliphatic carbocycles. The maximum absolute atomic E-state index is 11.5. The van der Waals surface area contributed by atoms with Crippen molar-refractivity contribution in [1.82, 2.24) is 4.90 Å². The van der Waals surface area contributed by atoms with E-state index in [-0.39, 0.29) is 11.8 Å². The molecule has 0 bridgehead atoms. The monoisotopic (exact) mass is 217 g/mol. The molecule has 1 N–H and O–H groups in total. The third-order valence-corrected chi connectivity index (χ3v) is 3.45. The van der Waals surface area contributed by atoms with Gasteiger partial charge in [0.25, 0.3) is 0 Å². The fourth-order valence-corrected chi connectivity index (χ4v) is 2.03. The number of carbonyl (C=O) groups excluding carboxylic acids is 2. The summed E-state index contributed by atoms with van der Waals surface area (Å²) in [7, 11) is 0. The molecule has 1 atom stereocenters. The van der Waals surface area contributed by atoms with Crippen molar-refractivity contribution in [3.63, 3.8) is 0 Å². The minimum atomic E-state index is -0.810. The van der Waals surface area contributed by atoms with Crippen LogP contribution in [0.2, 0.25) is 0 Å². The molecule has 1 rings (SSSR count). The van der Waals surface area contributed by atoms with E-state index in [2.05, 4.69) is 0 Å². The molecular formula is C9H15NO3S. The molecule has 2 amide bonds. The SMILES string of the molecule is CC(O)C(C)(C)N1C(=O)CSCC1=O. The van der Waals surface area contributed by atoms with E-state index in [0.717, 1.165) is 0 Å².